The first-order valence-corrected chi connectivity index (χ1v) is 8.76. The summed E-state index contributed by atoms with van der Waals surface area (Å²) >= 11 is 0. The molecule has 1 aromatic rings. The minimum atomic E-state index is -3.36. The number of ether oxygens (including phenoxy) is 1. The van der Waals surface area contributed by atoms with Crippen LogP contribution in [-0.2, 0) is 21.2 Å². The standard InChI is InChI=1S/C15H22FNO3S/c1-11(2)17-21(18,19)15-7-8-20-10-13(15)9-12-3-5-14(16)6-4-12/h3-6,11,13,15,17H,7-10H2,1-2H3/t13-,15+/m1/s1. The molecule has 0 saturated carbocycles. The van der Waals surface area contributed by atoms with Gasteiger partial charge in [-0.05, 0) is 44.4 Å². The summed E-state index contributed by atoms with van der Waals surface area (Å²) in [5.74, 6) is -0.398. The van der Waals surface area contributed by atoms with Gasteiger partial charge in [-0.3, -0.25) is 0 Å². The van der Waals surface area contributed by atoms with E-state index in [1.54, 1.807) is 12.1 Å². The van der Waals surface area contributed by atoms with Gasteiger partial charge in [0.1, 0.15) is 5.82 Å². The summed E-state index contributed by atoms with van der Waals surface area (Å²) in [6, 6.07) is 6.07. The van der Waals surface area contributed by atoms with E-state index in [-0.39, 0.29) is 17.8 Å². The number of rotatable bonds is 5. The molecular formula is C15H22FNO3S. The quantitative estimate of drug-likeness (QED) is 0.905. The van der Waals surface area contributed by atoms with Crippen LogP contribution in [0.1, 0.15) is 25.8 Å². The maximum absolute atomic E-state index is 12.9. The highest BCUT2D eigenvalue weighted by molar-refractivity contribution is 7.90. The van der Waals surface area contributed by atoms with Crippen molar-refractivity contribution in [1.82, 2.24) is 4.72 Å². The van der Waals surface area contributed by atoms with Gasteiger partial charge >= 0.3 is 0 Å². The molecule has 1 fully saturated rings. The van der Waals surface area contributed by atoms with Crippen LogP contribution in [0.25, 0.3) is 0 Å². The van der Waals surface area contributed by atoms with Crippen LogP contribution in [0.4, 0.5) is 4.39 Å². The Balaban J connectivity index is 2.13. The molecule has 0 spiro atoms. The molecule has 4 nitrogen and oxygen atoms in total. The van der Waals surface area contributed by atoms with Crippen LogP contribution in [-0.4, -0.2) is 32.9 Å². The second-order valence-electron chi connectivity index (χ2n) is 5.81. The lowest BCUT2D eigenvalue weighted by Gasteiger charge is -2.32. The molecule has 0 bridgehead atoms. The Morgan fingerprint density at radius 2 is 2.00 bits per heavy atom. The Morgan fingerprint density at radius 3 is 2.62 bits per heavy atom. The molecule has 0 unspecified atom stereocenters. The molecule has 21 heavy (non-hydrogen) atoms. The Labute approximate surface area is 125 Å². The van der Waals surface area contributed by atoms with Crippen molar-refractivity contribution >= 4 is 10.0 Å². The average molecular weight is 315 g/mol. The van der Waals surface area contributed by atoms with Gasteiger partial charge in [0.2, 0.25) is 10.0 Å². The minimum Gasteiger partial charge on any atom is -0.381 e. The fourth-order valence-electron chi connectivity index (χ4n) is 2.72. The highest BCUT2D eigenvalue weighted by atomic mass is 32.2. The van der Waals surface area contributed by atoms with Gasteiger partial charge in [-0.1, -0.05) is 12.1 Å². The third-order valence-corrected chi connectivity index (χ3v) is 5.83. The Kier molecular flexibility index (Phi) is 5.35. The maximum Gasteiger partial charge on any atom is 0.215 e. The SMILES string of the molecule is CC(C)NS(=O)(=O)[C@H]1CCOC[C@H]1Cc1ccc(F)cc1. The topological polar surface area (TPSA) is 55.4 Å². The van der Waals surface area contributed by atoms with Crippen LogP contribution in [0.3, 0.4) is 0 Å². The molecule has 2 rings (SSSR count). The summed E-state index contributed by atoms with van der Waals surface area (Å²) in [5.41, 5.74) is 0.927. The van der Waals surface area contributed by atoms with Gasteiger partial charge in [0.15, 0.2) is 0 Å². The van der Waals surface area contributed by atoms with Crippen molar-refractivity contribution in [3.8, 4) is 0 Å². The first kappa shape index (κ1) is 16.4. The zero-order valence-electron chi connectivity index (χ0n) is 12.4. The van der Waals surface area contributed by atoms with Crippen molar-refractivity contribution in [2.24, 2.45) is 5.92 Å². The summed E-state index contributed by atoms with van der Waals surface area (Å²) in [7, 11) is -3.36. The lowest BCUT2D eigenvalue weighted by Crippen LogP contribution is -2.46. The monoisotopic (exact) mass is 315 g/mol. The molecule has 1 N–H and O–H groups in total. The number of halogens is 1. The molecule has 0 radical (unpaired) electrons. The van der Waals surface area contributed by atoms with Gasteiger partial charge in [-0.25, -0.2) is 17.5 Å². The zero-order valence-corrected chi connectivity index (χ0v) is 13.2. The molecule has 6 heteroatoms. The zero-order chi connectivity index (χ0) is 15.5. The summed E-state index contributed by atoms with van der Waals surface area (Å²) in [6.45, 7) is 4.50. The van der Waals surface area contributed by atoms with E-state index in [0.717, 1.165) is 5.56 Å². The van der Waals surface area contributed by atoms with Crippen molar-refractivity contribution in [3.05, 3.63) is 35.6 Å². The fraction of sp³-hybridized carbons (Fsp3) is 0.600. The molecule has 1 saturated heterocycles. The van der Waals surface area contributed by atoms with Crippen molar-refractivity contribution in [2.45, 2.75) is 38.0 Å². The Morgan fingerprint density at radius 1 is 1.33 bits per heavy atom. The predicted molar refractivity (Wildman–Crippen MR) is 80.0 cm³/mol. The third-order valence-electron chi connectivity index (χ3n) is 3.61. The predicted octanol–water partition coefficient (Wildman–Crippen LogP) is 2.10. The lowest BCUT2D eigenvalue weighted by molar-refractivity contribution is 0.0569. The van der Waals surface area contributed by atoms with Gasteiger partial charge < -0.3 is 4.74 Å². The van der Waals surface area contributed by atoms with Crippen molar-refractivity contribution in [2.75, 3.05) is 13.2 Å². The normalized spacial score (nSPS) is 23.4. The smallest absolute Gasteiger partial charge is 0.215 e. The van der Waals surface area contributed by atoms with E-state index < -0.39 is 15.3 Å². The van der Waals surface area contributed by atoms with E-state index in [2.05, 4.69) is 4.72 Å². The highest BCUT2D eigenvalue weighted by Crippen LogP contribution is 2.25. The van der Waals surface area contributed by atoms with Crippen molar-refractivity contribution < 1.29 is 17.5 Å². The maximum atomic E-state index is 12.9. The third kappa shape index (κ3) is 4.49. The van der Waals surface area contributed by atoms with Gasteiger partial charge in [0.25, 0.3) is 0 Å². The highest BCUT2D eigenvalue weighted by Gasteiger charge is 2.36. The first-order chi connectivity index (χ1) is 9.88. The molecule has 118 valence electrons. The van der Waals surface area contributed by atoms with Crippen LogP contribution in [0.2, 0.25) is 0 Å². The fourth-order valence-corrected chi connectivity index (χ4v) is 4.64. The molecule has 2 atom stereocenters. The number of hydrogen-bond donors (Lipinski definition) is 1. The number of benzene rings is 1. The van der Waals surface area contributed by atoms with Gasteiger partial charge in [-0.2, -0.15) is 0 Å². The lowest BCUT2D eigenvalue weighted by atomic mass is 9.93. The summed E-state index contributed by atoms with van der Waals surface area (Å²) in [5, 5.41) is -0.460. The van der Waals surface area contributed by atoms with Crippen LogP contribution in [0.5, 0.6) is 0 Å². The molecule has 1 aromatic carbocycles. The number of hydrogen-bond acceptors (Lipinski definition) is 3. The summed E-state index contributed by atoms with van der Waals surface area (Å²) in [4.78, 5) is 0. The minimum absolute atomic E-state index is 0.111. The van der Waals surface area contributed by atoms with E-state index in [4.69, 9.17) is 4.74 Å². The molecular weight excluding hydrogens is 293 g/mol. The number of sulfonamides is 1. The molecule has 0 aliphatic carbocycles. The second kappa shape index (κ2) is 6.85. The summed E-state index contributed by atoms with van der Waals surface area (Å²) in [6.07, 6.45) is 1.07. The van der Waals surface area contributed by atoms with Crippen LogP contribution in [0.15, 0.2) is 24.3 Å². The van der Waals surface area contributed by atoms with E-state index >= 15 is 0 Å². The Bertz CT molecular complexity index is 557. The van der Waals surface area contributed by atoms with Crippen LogP contribution < -0.4 is 4.72 Å². The van der Waals surface area contributed by atoms with E-state index in [9.17, 15) is 12.8 Å². The van der Waals surface area contributed by atoms with Crippen molar-refractivity contribution in [3.63, 3.8) is 0 Å². The molecule has 1 heterocycles. The second-order valence-corrected chi connectivity index (χ2v) is 7.74. The molecule has 0 aromatic heterocycles. The van der Waals surface area contributed by atoms with Crippen molar-refractivity contribution in [1.29, 1.82) is 0 Å². The van der Waals surface area contributed by atoms with Gasteiger partial charge in [0, 0.05) is 18.6 Å². The average Bonchev–Trinajstić information content (AvgIpc) is 2.40. The van der Waals surface area contributed by atoms with Crippen LogP contribution >= 0.6 is 0 Å². The number of nitrogens with one attached hydrogen (secondary N) is 1. The molecule has 0 amide bonds. The van der Waals surface area contributed by atoms with E-state index in [0.29, 0.717) is 26.1 Å². The summed E-state index contributed by atoms with van der Waals surface area (Å²) < 4.78 is 45.9. The first-order valence-electron chi connectivity index (χ1n) is 7.22. The van der Waals surface area contributed by atoms with Gasteiger partial charge in [-0.15, -0.1) is 0 Å². The molecule has 1 aliphatic rings. The van der Waals surface area contributed by atoms with E-state index in [1.807, 2.05) is 13.8 Å². The largest absolute Gasteiger partial charge is 0.381 e. The molecule has 1 aliphatic heterocycles. The van der Waals surface area contributed by atoms with E-state index in [1.165, 1.54) is 12.1 Å². The van der Waals surface area contributed by atoms with Gasteiger partial charge in [0.05, 0.1) is 11.9 Å². The van der Waals surface area contributed by atoms with Crippen LogP contribution in [0, 0.1) is 11.7 Å². The Hall–Kier alpha value is -0.980.